The van der Waals surface area contributed by atoms with Gasteiger partial charge in [0.15, 0.2) is 0 Å². The highest BCUT2D eigenvalue weighted by Crippen LogP contribution is 2.37. The maximum Gasteiger partial charge on any atom is 0.259 e. The summed E-state index contributed by atoms with van der Waals surface area (Å²) in [5.74, 6) is -0.776. The lowest BCUT2D eigenvalue weighted by Crippen LogP contribution is -2.50. The average Bonchev–Trinajstić information content (AvgIpc) is 3.05. The molecule has 0 saturated carbocycles. The van der Waals surface area contributed by atoms with Crippen LogP contribution >= 0.6 is 11.6 Å². The summed E-state index contributed by atoms with van der Waals surface area (Å²) in [4.78, 5) is 42.1. The highest BCUT2D eigenvalue weighted by molar-refractivity contribution is 6.30. The standard InChI is InChI=1S/C25H24ClN3O3/c1-3-27-24(31)16(2)28(14-17-7-4-10-19(26)13-17)22(30)15-29-21-12-6-9-18-8-5-11-20(23(18)21)25(29)32/h4-13,16H,3,14-15H2,1-2H3,(H,27,31)/t16-/m0/s1. The summed E-state index contributed by atoms with van der Waals surface area (Å²) in [6.45, 7) is 4.03. The van der Waals surface area contributed by atoms with Crippen LogP contribution in [0.2, 0.25) is 5.02 Å². The van der Waals surface area contributed by atoms with Crippen LogP contribution in [0.4, 0.5) is 5.69 Å². The van der Waals surface area contributed by atoms with E-state index in [2.05, 4.69) is 5.32 Å². The number of rotatable bonds is 7. The number of halogens is 1. The van der Waals surface area contributed by atoms with Crippen molar-refractivity contribution in [1.82, 2.24) is 10.2 Å². The molecule has 1 aliphatic rings. The Morgan fingerprint density at radius 2 is 1.81 bits per heavy atom. The minimum absolute atomic E-state index is 0.156. The molecule has 0 saturated heterocycles. The van der Waals surface area contributed by atoms with Gasteiger partial charge in [0.2, 0.25) is 11.8 Å². The quantitative estimate of drug-likeness (QED) is 0.592. The van der Waals surface area contributed by atoms with E-state index in [9.17, 15) is 14.4 Å². The van der Waals surface area contributed by atoms with Gasteiger partial charge in [0.05, 0.1) is 5.69 Å². The van der Waals surface area contributed by atoms with Gasteiger partial charge in [0, 0.05) is 29.1 Å². The van der Waals surface area contributed by atoms with Crippen LogP contribution < -0.4 is 10.2 Å². The van der Waals surface area contributed by atoms with E-state index in [-0.39, 0.29) is 30.8 Å². The Balaban J connectivity index is 1.63. The summed E-state index contributed by atoms with van der Waals surface area (Å²) >= 11 is 6.12. The van der Waals surface area contributed by atoms with Crippen LogP contribution in [0.3, 0.4) is 0 Å². The zero-order valence-corrected chi connectivity index (χ0v) is 18.7. The molecule has 1 N–H and O–H groups in total. The van der Waals surface area contributed by atoms with Crippen LogP contribution in [0.5, 0.6) is 0 Å². The second-order valence-corrected chi connectivity index (χ2v) is 8.23. The highest BCUT2D eigenvalue weighted by atomic mass is 35.5. The van der Waals surface area contributed by atoms with Crippen molar-refractivity contribution in [2.75, 3.05) is 18.0 Å². The Morgan fingerprint density at radius 3 is 2.53 bits per heavy atom. The molecule has 1 aliphatic heterocycles. The molecule has 7 heteroatoms. The number of carbonyl (C=O) groups is 3. The van der Waals surface area contributed by atoms with E-state index in [0.29, 0.717) is 22.8 Å². The number of nitrogens with one attached hydrogen (secondary N) is 1. The lowest BCUT2D eigenvalue weighted by molar-refractivity contribution is -0.139. The molecule has 3 aromatic rings. The molecule has 0 aromatic heterocycles. The van der Waals surface area contributed by atoms with E-state index in [1.165, 1.54) is 9.80 Å². The molecule has 0 unspecified atom stereocenters. The number of nitrogens with zero attached hydrogens (tertiary/aromatic N) is 2. The first kappa shape index (κ1) is 21.8. The minimum atomic E-state index is -0.711. The Hall–Kier alpha value is -3.38. The molecule has 6 nitrogen and oxygen atoms in total. The third-order valence-electron chi connectivity index (χ3n) is 5.70. The fourth-order valence-corrected chi connectivity index (χ4v) is 4.31. The zero-order chi connectivity index (χ0) is 22.8. The van der Waals surface area contributed by atoms with Crippen molar-refractivity contribution in [2.45, 2.75) is 26.4 Å². The fourth-order valence-electron chi connectivity index (χ4n) is 4.10. The van der Waals surface area contributed by atoms with Crippen LogP contribution in [0.1, 0.15) is 29.8 Å². The van der Waals surface area contributed by atoms with E-state index >= 15 is 0 Å². The topological polar surface area (TPSA) is 69.7 Å². The number of carbonyl (C=O) groups excluding carboxylic acids is 3. The van der Waals surface area contributed by atoms with Crippen LogP contribution in [0.25, 0.3) is 10.8 Å². The van der Waals surface area contributed by atoms with E-state index in [4.69, 9.17) is 11.6 Å². The first-order valence-corrected chi connectivity index (χ1v) is 10.9. The van der Waals surface area contributed by atoms with Crippen LogP contribution in [-0.2, 0) is 16.1 Å². The van der Waals surface area contributed by atoms with Crippen molar-refractivity contribution in [3.63, 3.8) is 0 Å². The Labute approximate surface area is 191 Å². The van der Waals surface area contributed by atoms with Gasteiger partial charge in [-0.3, -0.25) is 19.3 Å². The van der Waals surface area contributed by atoms with Crippen molar-refractivity contribution < 1.29 is 14.4 Å². The monoisotopic (exact) mass is 449 g/mol. The molecule has 0 fully saturated rings. The van der Waals surface area contributed by atoms with Gasteiger partial charge in [-0.1, -0.05) is 48.0 Å². The number of anilines is 1. The summed E-state index contributed by atoms with van der Waals surface area (Å²) in [5, 5.41) is 5.13. The summed E-state index contributed by atoms with van der Waals surface area (Å²) in [5.41, 5.74) is 2.11. The summed E-state index contributed by atoms with van der Waals surface area (Å²) < 4.78 is 0. The third-order valence-corrected chi connectivity index (χ3v) is 5.94. The van der Waals surface area contributed by atoms with Crippen molar-refractivity contribution >= 4 is 45.8 Å². The second kappa shape index (κ2) is 9.01. The molecule has 3 aromatic carbocycles. The van der Waals surface area contributed by atoms with Gasteiger partial charge in [-0.05, 0) is 49.1 Å². The van der Waals surface area contributed by atoms with Gasteiger partial charge >= 0.3 is 0 Å². The lowest BCUT2D eigenvalue weighted by atomic mass is 10.1. The molecular formula is C25H24ClN3O3. The van der Waals surface area contributed by atoms with Crippen LogP contribution in [0, 0.1) is 0 Å². The van der Waals surface area contributed by atoms with Crippen LogP contribution in [-0.4, -0.2) is 41.8 Å². The smallest absolute Gasteiger partial charge is 0.259 e. The molecular weight excluding hydrogens is 426 g/mol. The van der Waals surface area contributed by atoms with Gasteiger partial charge in [-0.2, -0.15) is 0 Å². The molecule has 1 atom stereocenters. The van der Waals surface area contributed by atoms with Crippen molar-refractivity contribution in [3.05, 3.63) is 76.8 Å². The van der Waals surface area contributed by atoms with Gasteiger partial charge in [0.1, 0.15) is 12.6 Å². The molecule has 0 spiro atoms. The molecule has 3 amide bonds. The molecule has 32 heavy (non-hydrogen) atoms. The molecule has 0 aliphatic carbocycles. The van der Waals surface area contributed by atoms with E-state index in [1.807, 2.05) is 43.3 Å². The predicted molar refractivity (Wildman–Crippen MR) is 126 cm³/mol. The number of amides is 3. The number of hydrogen-bond acceptors (Lipinski definition) is 3. The maximum absolute atomic E-state index is 13.5. The normalized spacial score (nSPS) is 13.3. The fraction of sp³-hybridized carbons (Fsp3) is 0.240. The van der Waals surface area contributed by atoms with Crippen molar-refractivity contribution in [1.29, 1.82) is 0 Å². The first-order valence-electron chi connectivity index (χ1n) is 10.6. The van der Waals surface area contributed by atoms with E-state index in [0.717, 1.165) is 16.3 Å². The average molecular weight is 450 g/mol. The summed E-state index contributed by atoms with van der Waals surface area (Å²) in [6, 6.07) is 17.7. The predicted octanol–water partition coefficient (Wildman–Crippen LogP) is 4.01. The van der Waals surface area contributed by atoms with E-state index in [1.54, 1.807) is 31.2 Å². The number of hydrogen-bond donors (Lipinski definition) is 1. The minimum Gasteiger partial charge on any atom is -0.355 e. The van der Waals surface area contributed by atoms with E-state index < -0.39 is 6.04 Å². The number of benzene rings is 3. The molecule has 0 bridgehead atoms. The Bertz CT molecular complexity index is 1200. The van der Waals surface area contributed by atoms with Gasteiger partial charge in [-0.25, -0.2) is 0 Å². The molecule has 0 radical (unpaired) electrons. The van der Waals surface area contributed by atoms with Gasteiger partial charge in [-0.15, -0.1) is 0 Å². The Kier molecular flexibility index (Phi) is 6.15. The Morgan fingerprint density at radius 1 is 1.09 bits per heavy atom. The number of likely N-dealkylation sites (N-methyl/N-ethyl adjacent to an activating group) is 1. The van der Waals surface area contributed by atoms with Crippen molar-refractivity contribution in [2.24, 2.45) is 0 Å². The third kappa shape index (κ3) is 4.06. The van der Waals surface area contributed by atoms with Gasteiger partial charge in [0.25, 0.3) is 5.91 Å². The zero-order valence-electron chi connectivity index (χ0n) is 18.0. The summed E-state index contributed by atoms with van der Waals surface area (Å²) in [7, 11) is 0. The van der Waals surface area contributed by atoms with Gasteiger partial charge < -0.3 is 10.2 Å². The highest BCUT2D eigenvalue weighted by Gasteiger charge is 2.34. The largest absolute Gasteiger partial charge is 0.355 e. The molecule has 1 heterocycles. The molecule has 164 valence electrons. The first-order chi connectivity index (χ1) is 15.4. The SMILES string of the molecule is CCNC(=O)[C@H](C)N(Cc1cccc(Cl)c1)C(=O)CN1C(=O)c2cccc3cccc1c23. The summed E-state index contributed by atoms with van der Waals surface area (Å²) in [6.07, 6.45) is 0. The van der Waals surface area contributed by atoms with Crippen LogP contribution in [0.15, 0.2) is 60.7 Å². The molecule has 4 rings (SSSR count). The maximum atomic E-state index is 13.5. The second-order valence-electron chi connectivity index (χ2n) is 7.79. The lowest BCUT2D eigenvalue weighted by Gasteiger charge is -2.30. The van der Waals surface area contributed by atoms with Crippen molar-refractivity contribution in [3.8, 4) is 0 Å².